The van der Waals surface area contributed by atoms with Gasteiger partial charge in [0.15, 0.2) is 5.43 Å². The number of aromatic nitrogens is 2. The van der Waals surface area contributed by atoms with Gasteiger partial charge in [-0.05, 0) is 62.6 Å². The van der Waals surface area contributed by atoms with Gasteiger partial charge < -0.3 is 9.15 Å². The van der Waals surface area contributed by atoms with Crippen LogP contribution >= 0.6 is 22.9 Å². The molecule has 0 N–H and O–H groups in total. The predicted molar refractivity (Wildman–Crippen MR) is 132 cm³/mol. The molecule has 7 nitrogen and oxygen atoms in total. The third-order valence-corrected chi connectivity index (χ3v) is 7.16. The van der Waals surface area contributed by atoms with Crippen LogP contribution in [0.15, 0.2) is 45.6 Å². The molecule has 0 spiro atoms. The fourth-order valence-electron chi connectivity index (χ4n) is 4.09. The Morgan fingerprint density at radius 1 is 1.18 bits per heavy atom. The van der Waals surface area contributed by atoms with Crippen LogP contribution in [0.3, 0.4) is 0 Å². The summed E-state index contributed by atoms with van der Waals surface area (Å²) in [5.41, 5.74) is 1.80. The maximum absolute atomic E-state index is 13.7. The van der Waals surface area contributed by atoms with E-state index in [1.165, 1.54) is 16.2 Å². The van der Waals surface area contributed by atoms with E-state index in [0.717, 1.165) is 16.1 Å². The van der Waals surface area contributed by atoms with Crippen molar-refractivity contribution in [2.45, 2.75) is 46.3 Å². The summed E-state index contributed by atoms with van der Waals surface area (Å²) in [4.78, 5) is 28.8. The average Bonchev–Trinajstić information content (AvgIpc) is 3.38. The van der Waals surface area contributed by atoms with Crippen molar-refractivity contribution in [3.05, 3.63) is 79.1 Å². The molecule has 1 atom stereocenters. The Balaban J connectivity index is 1.73. The molecule has 5 rings (SSSR count). The molecule has 4 aromatic rings. The molecule has 1 aliphatic rings. The van der Waals surface area contributed by atoms with Crippen LogP contribution in [0.4, 0.5) is 5.13 Å². The number of fused-ring (bicyclic) bond motifs is 2. The highest BCUT2D eigenvalue weighted by Gasteiger charge is 2.45. The molecule has 174 valence electrons. The lowest BCUT2D eigenvalue weighted by Crippen LogP contribution is -2.29. The molecule has 0 fully saturated rings. The van der Waals surface area contributed by atoms with Crippen molar-refractivity contribution in [1.29, 1.82) is 0 Å². The minimum Gasteiger partial charge on any atom is -0.491 e. The van der Waals surface area contributed by atoms with E-state index >= 15 is 0 Å². The molecule has 0 aliphatic carbocycles. The molecule has 0 saturated carbocycles. The zero-order valence-electron chi connectivity index (χ0n) is 19.1. The van der Waals surface area contributed by atoms with Crippen LogP contribution in [0.25, 0.3) is 11.0 Å². The maximum atomic E-state index is 13.7. The average molecular weight is 496 g/mol. The van der Waals surface area contributed by atoms with Gasteiger partial charge in [-0.2, -0.15) is 0 Å². The highest BCUT2D eigenvalue weighted by Crippen LogP contribution is 2.42. The number of carbonyl (C=O) groups excluding carboxylic acids is 1. The summed E-state index contributed by atoms with van der Waals surface area (Å²) in [6.45, 7) is 7.69. The molecular weight excluding hydrogens is 474 g/mol. The van der Waals surface area contributed by atoms with Gasteiger partial charge in [0.2, 0.25) is 10.9 Å². The van der Waals surface area contributed by atoms with E-state index in [0.29, 0.717) is 33.3 Å². The van der Waals surface area contributed by atoms with Gasteiger partial charge in [-0.15, -0.1) is 10.2 Å². The van der Waals surface area contributed by atoms with Crippen LogP contribution in [-0.2, 0) is 6.42 Å². The Morgan fingerprint density at radius 3 is 2.56 bits per heavy atom. The number of amides is 1. The van der Waals surface area contributed by atoms with Gasteiger partial charge in [0, 0.05) is 5.02 Å². The van der Waals surface area contributed by atoms with Crippen molar-refractivity contribution < 1.29 is 13.9 Å². The second-order valence-electron chi connectivity index (χ2n) is 8.42. The topological polar surface area (TPSA) is 85.5 Å². The number of anilines is 1. The summed E-state index contributed by atoms with van der Waals surface area (Å²) in [7, 11) is 0. The molecule has 1 unspecified atom stereocenters. The van der Waals surface area contributed by atoms with Crippen molar-refractivity contribution in [2.24, 2.45) is 0 Å². The zero-order chi connectivity index (χ0) is 24.1. The molecule has 1 amide bonds. The van der Waals surface area contributed by atoms with Gasteiger partial charge in [-0.25, -0.2) is 0 Å². The predicted octanol–water partition coefficient (Wildman–Crippen LogP) is 5.71. The normalized spacial score (nSPS) is 15.4. The van der Waals surface area contributed by atoms with E-state index < -0.39 is 11.9 Å². The zero-order valence-corrected chi connectivity index (χ0v) is 20.7. The molecule has 0 radical (unpaired) electrons. The lowest BCUT2D eigenvalue weighted by Gasteiger charge is -2.22. The third kappa shape index (κ3) is 3.67. The number of benzene rings is 2. The fraction of sp³-hybridized carbons (Fsp3) is 0.280. The third-order valence-electron chi connectivity index (χ3n) is 5.68. The Kier molecular flexibility index (Phi) is 5.65. The number of ether oxygens (including phenoxy) is 1. The second-order valence-corrected chi connectivity index (χ2v) is 9.86. The van der Waals surface area contributed by atoms with Crippen molar-refractivity contribution >= 4 is 44.9 Å². The van der Waals surface area contributed by atoms with E-state index in [9.17, 15) is 9.59 Å². The smallest absolute Gasteiger partial charge is 0.297 e. The van der Waals surface area contributed by atoms with Crippen molar-refractivity contribution in [3.8, 4) is 5.75 Å². The standard InChI is InChI=1S/C25H22ClN3O4S/c1-5-19-27-28-25(34-19)29-21(14-6-8-15(9-7-14)32-12(2)3)20-22(30)16-11-17(26)13(4)10-18(16)33-23(20)24(29)31/h6-12,21H,5H2,1-4H3. The van der Waals surface area contributed by atoms with Crippen LogP contribution in [0.1, 0.15) is 59.1 Å². The minimum absolute atomic E-state index is 0.0139. The number of carbonyl (C=O) groups is 1. The van der Waals surface area contributed by atoms with Gasteiger partial charge in [0.1, 0.15) is 16.3 Å². The lowest BCUT2D eigenvalue weighted by molar-refractivity contribution is 0.0970. The highest BCUT2D eigenvalue weighted by atomic mass is 35.5. The first-order chi connectivity index (χ1) is 16.3. The molecule has 9 heteroatoms. The molecular formula is C25H22ClN3O4S. The van der Waals surface area contributed by atoms with Crippen molar-refractivity contribution in [1.82, 2.24) is 10.2 Å². The lowest BCUT2D eigenvalue weighted by atomic mass is 9.98. The first kappa shape index (κ1) is 22.6. The van der Waals surface area contributed by atoms with Gasteiger partial charge in [0.25, 0.3) is 5.91 Å². The molecule has 0 saturated heterocycles. The number of rotatable bonds is 5. The van der Waals surface area contributed by atoms with E-state index in [2.05, 4.69) is 10.2 Å². The number of aryl methyl sites for hydroxylation is 2. The Hall–Kier alpha value is -3.23. The van der Waals surface area contributed by atoms with Crippen LogP contribution in [-0.4, -0.2) is 22.2 Å². The van der Waals surface area contributed by atoms with Gasteiger partial charge in [-0.1, -0.05) is 42.0 Å². The Labute approximate surface area is 204 Å². The number of hydrogen-bond acceptors (Lipinski definition) is 7. The number of halogens is 1. The van der Waals surface area contributed by atoms with Crippen LogP contribution in [0.2, 0.25) is 5.02 Å². The fourth-order valence-corrected chi connectivity index (χ4v) is 5.06. The quantitative estimate of drug-likeness (QED) is 0.352. The van der Waals surface area contributed by atoms with Crippen LogP contribution in [0, 0.1) is 6.92 Å². The summed E-state index contributed by atoms with van der Waals surface area (Å²) < 4.78 is 11.8. The number of hydrogen-bond donors (Lipinski definition) is 0. The van der Waals surface area contributed by atoms with E-state index in [1.54, 1.807) is 12.1 Å². The van der Waals surface area contributed by atoms with E-state index in [-0.39, 0.29) is 22.9 Å². The van der Waals surface area contributed by atoms with Gasteiger partial charge in [0.05, 0.1) is 23.1 Å². The van der Waals surface area contributed by atoms with Crippen molar-refractivity contribution in [3.63, 3.8) is 0 Å². The van der Waals surface area contributed by atoms with Gasteiger partial charge in [-0.3, -0.25) is 14.5 Å². The first-order valence-corrected chi connectivity index (χ1v) is 12.2. The second kappa shape index (κ2) is 8.52. The summed E-state index contributed by atoms with van der Waals surface area (Å²) in [6, 6.07) is 9.93. The van der Waals surface area contributed by atoms with Crippen molar-refractivity contribution in [2.75, 3.05) is 4.90 Å². The minimum atomic E-state index is -0.714. The molecule has 2 aromatic heterocycles. The summed E-state index contributed by atoms with van der Waals surface area (Å²) in [6.07, 6.45) is 0.716. The number of nitrogens with zero attached hydrogens (tertiary/aromatic N) is 3. The Morgan fingerprint density at radius 2 is 1.91 bits per heavy atom. The Bertz CT molecular complexity index is 1480. The molecule has 2 aromatic carbocycles. The SMILES string of the molecule is CCc1nnc(N2C(=O)c3oc4cc(C)c(Cl)cc4c(=O)c3C2c2ccc(OC(C)C)cc2)s1. The first-order valence-electron chi connectivity index (χ1n) is 11.0. The largest absolute Gasteiger partial charge is 0.491 e. The molecule has 3 heterocycles. The maximum Gasteiger partial charge on any atom is 0.297 e. The highest BCUT2D eigenvalue weighted by molar-refractivity contribution is 7.15. The molecule has 1 aliphatic heterocycles. The van der Waals surface area contributed by atoms with E-state index in [1.807, 2.05) is 52.0 Å². The molecule has 0 bridgehead atoms. The van der Waals surface area contributed by atoms with E-state index in [4.69, 9.17) is 20.8 Å². The van der Waals surface area contributed by atoms with Gasteiger partial charge >= 0.3 is 0 Å². The van der Waals surface area contributed by atoms with Crippen LogP contribution < -0.4 is 15.1 Å². The summed E-state index contributed by atoms with van der Waals surface area (Å²) >= 11 is 7.63. The molecule has 34 heavy (non-hydrogen) atoms. The monoisotopic (exact) mass is 495 g/mol. The summed E-state index contributed by atoms with van der Waals surface area (Å²) in [5.74, 6) is 0.291. The van der Waals surface area contributed by atoms with Crippen LogP contribution in [0.5, 0.6) is 5.75 Å². The summed E-state index contributed by atoms with van der Waals surface area (Å²) in [5, 5.41) is 10.4.